The lowest BCUT2D eigenvalue weighted by molar-refractivity contribution is 0.202. The molecule has 0 fully saturated rings. The SMILES string of the molecule is CCC(CC)(CO)Nc1ncnc2[nH]ccc12. The predicted octanol–water partition coefficient (Wildman–Crippen LogP) is 1.92. The van der Waals surface area contributed by atoms with Crippen LogP contribution in [0.5, 0.6) is 0 Å². The van der Waals surface area contributed by atoms with Crippen LogP contribution < -0.4 is 5.32 Å². The van der Waals surface area contributed by atoms with Crippen LogP contribution >= 0.6 is 0 Å². The van der Waals surface area contributed by atoms with E-state index in [1.165, 1.54) is 6.33 Å². The Bertz CT molecular complexity index is 482. The number of rotatable bonds is 5. The summed E-state index contributed by atoms with van der Waals surface area (Å²) in [4.78, 5) is 11.4. The van der Waals surface area contributed by atoms with Crippen LogP contribution in [0.1, 0.15) is 26.7 Å². The van der Waals surface area contributed by atoms with Gasteiger partial charge in [0, 0.05) is 6.20 Å². The Hall–Kier alpha value is -1.62. The lowest BCUT2D eigenvalue weighted by atomic mass is 9.94. The van der Waals surface area contributed by atoms with Gasteiger partial charge in [-0.1, -0.05) is 13.8 Å². The highest BCUT2D eigenvalue weighted by atomic mass is 16.3. The van der Waals surface area contributed by atoms with Gasteiger partial charge in [0.2, 0.25) is 0 Å². The van der Waals surface area contributed by atoms with E-state index in [-0.39, 0.29) is 12.1 Å². The van der Waals surface area contributed by atoms with E-state index in [2.05, 4.69) is 34.1 Å². The number of aliphatic hydroxyl groups excluding tert-OH is 1. The van der Waals surface area contributed by atoms with Crippen molar-refractivity contribution in [3.05, 3.63) is 18.6 Å². The molecule has 0 radical (unpaired) electrons. The maximum atomic E-state index is 9.55. The quantitative estimate of drug-likeness (QED) is 0.739. The number of fused-ring (bicyclic) bond motifs is 1. The lowest BCUT2D eigenvalue weighted by Crippen LogP contribution is -2.41. The molecule has 0 aliphatic carbocycles. The van der Waals surface area contributed by atoms with E-state index >= 15 is 0 Å². The summed E-state index contributed by atoms with van der Waals surface area (Å²) < 4.78 is 0. The third kappa shape index (κ3) is 2.10. The van der Waals surface area contributed by atoms with Gasteiger partial charge in [0.05, 0.1) is 17.5 Å². The third-order valence-corrected chi connectivity index (χ3v) is 3.39. The van der Waals surface area contributed by atoms with Gasteiger partial charge >= 0.3 is 0 Å². The number of hydrogen-bond donors (Lipinski definition) is 3. The minimum absolute atomic E-state index is 0.0932. The molecule has 0 aliphatic heterocycles. The summed E-state index contributed by atoms with van der Waals surface area (Å²) in [5, 5.41) is 13.8. The Morgan fingerprint density at radius 1 is 1.35 bits per heavy atom. The summed E-state index contributed by atoms with van der Waals surface area (Å²) in [7, 11) is 0. The van der Waals surface area contributed by atoms with Crippen molar-refractivity contribution < 1.29 is 5.11 Å². The average Bonchev–Trinajstić information content (AvgIpc) is 2.85. The molecule has 2 heterocycles. The molecule has 0 amide bonds. The Balaban J connectivity index is 2.37. The van der Waals surface area contributed by atoms with Crippen LogP contribution in [0, 0.1) is 0 Å². The molecule has 0 atom stereocenters. The fourth-order valence-electron chi connectivity index (χ4n) is 1.91. The first-order chi connectivity index (χ1) is 8.24. The third-order valence-electron chi connectivity index (χ3n) is 3.39. The number of aromatic amines is 1. The highest BCUT2D eigenvalue weighted by Gasteiger charge is 2.26. The van der Waals surface area contributed by atoms with Crippen LogP contribution in [0.25, 0.3) is 11.0 Å². The van der Waals surface area contributed by atoms with Crippen molar-refractivity contribution in [2.24, 2.45) is 0 Å². The number of nitrogens with zero attached hydrogens (tertiary/aromatic N) is 2. The second-order valence-electron chi connectivity index (χ2n) is 4.23. The van der Waals surface area contributed by atoms with Crippen LogP contribution in [-0.2, 0) is 0 Å². The van der Waals surface area contributed by atoms with Crippen LogP contribution in [-0.4, -0.2) is 32.2 Å². The van der Waals surface area contributed by atoms with Gasteiger partial charge in [-0.15, -0.1) is 0 Å². The molecule has 0 aromatic carbocycles. The summed E-state index contributed by atoms with van der Waals surface area (Å²) >= 11 is 0. The Labute approximate surface area is 100 Å². The highest BCUT2D eigenvalue weighted by molar-refractivity contribution is 5.86. The number of anilines is 1. The second kappa shape index (κ2) is 4.71. The minimum atomic E-state index is -0.307. The molecule has 3 N–H and O–H groups in total. The Morgan fingerprint density at radius 3 is 2.76 bits per heavy atom. The van der Waals surface area contributed by atoms with Crippen molar-refractivity contribution in [2.75, 3.05) is 11.9 Å². The first kappa shape index (κ1) is 11.9. The topological polar surface area (TPSA) is 73.8 Å². The summed E-state index contributed by atoms with van der Waals surface area (Å²) in [5.74, 6) is 0.772. The highest BCUT2D eigenvalue weighted by Crippen LogP contribution is 2.25. The smallest absolute Gasteiger partial charge is 0.142 e. The van der Waals surface area contributed by atoms with Gasteiger partial charge < -0.3 is 15.4 Å². The molecule has 17 heavy (non-hydrogen) atoms. The van der Waals surface area contributed by atoms with Crippen molar-refractivity contribution in [1.29, 1.82) is 0 Å². The van der Waals surface area contributed by atoms with Crippen LogP contribution in [0.4, 0.5) is 5.82 Å². The molecule has 5 nitrogen and oxygen atoms in total. The standard InChI is InChI=1S/C12H18N4O/c1-3-12(4-2,7-17)16-11-9-5-6-13-10(9)14-8-15-11/h5-6,8,17H,3-4,7H2,1-2H3,(H2,13,14,15,16). The number of H-pyrrole nitrogens is 1. The molecule has 2 rings (SSSR count). The molecule has 2 aromatic heterocycles. The van der Waals surface area contributed by atoms with Gasteiger partial charge in [0.25, 0.3) is 0 Å². The number of aromatic nitrogens is 3. The monoisotopic (exact) mass is 234 g/mol. The zero-order valence-corrected chi connectivity index (χ0v) is 10.2. The number of nitrogens with one attached hydrogen (secondary N) is 2. The maximum absolute atomic E-state index is 9.55. The van der Waals surface area contributed by atoms with Crippen molar-refractivity contribution in [1.82, 2.24) is 15.0 Å². The molecule has 5 heteroatoms. The van der Waals surface area contributed by atoms with Gasteiger partial charge in [-0.05, 0) is 18.9 Å². The van der Waals surface area contributed by atoms with E-state index in [4.69, 9.17) is 0 Å². The normalized spacial score (nSPS) is 11.9. The molecular weight excluding hydrogens is 216 g/mol. The largest absolute Gasteiger partial charge is 0.394 e. The average molecular weight is 234 g/mol. The van der Waals surface area contributed by atoms with E-state index in [0.29, 0.717) is 0 Å². The molecule has 92 valence electrons. The van der Waals surface area contributed by atoms with Crippen LogP contribution in [0.2, 0.25) is 0 Å². The van der Waals surface area contributed by atoms with Gasteiger partial charge in [-0.3, -0.25) is 0 Å². The molecule has 0 spiro atoms. The van der Waals surface area contributed by atoms with Crippen molar-refractivity contribution >= 4 is 16.9 Å². The molecular formula is C12H18N4O. The lowest BCUT2D eigenvalue weighted by Gasteiger charge is -2.31. The van der Waals surface area contributed by atoms with Gasteiger partial charge in [0.1, 0.15) is 17.8 Å². The van der Waals surface area contributed by atoms with Crippen molar-refractivity contribution in [3.8, 4) is 0 Å². The van der Waals surface area contributed by atoms with E-state index in [0.717, 1.165) is 29.7 Å². The van der Waals surface area contributed by atoms with Gasteiger partial charge in [0.15, 0.2) is 0 Å². The zero-order chi connectivity index (χ0) is 12.3. The summed E-state index contributed by atoms with van der Waals surface area (Å²) in [6, 6.07) is 1.94. The first-order valence-electron chi connectivity index (χ1n) is 5.92. The van der Waals surface area contributed by atoms with Gasteiger partial charge in [-0.2, -0.15) is 0 Å². The van der Waals surface area contributed by atoms with Gasteiger partial charge in [-0.25, -0.2) is 9.97 Å². The maximum Gasteiger partial charge on any atom is 0.142 e. The number of aliphatic hydroxyl groups is 1. The first-order valence-corrected chi connectivity index (χ1v) is 5.92. The summed E-state index contributed by atoms with van der Waals surface area (Å²) in [6.07, 6.45) is 5.05. The Kier molecular flexibility index (Phi) is 3.28. The predicted molar refractivity (Wildman–Crippen MR) is 67.9 cm³/mol. The zero-order valence-electron chi connectivity index (χ0n) is 10.2. The molecule has 0 saturated heterocycles. The molecule has 2 aromatic rings. The van der Waals surface area contributed by atoms with Crippen LogP contribution in [0.15, 0.2) is 18.6 Å². The number of hydrogen-bond acceptors (Lipinski definition) is 4. The minimum Gasteiger partial charge on any atom is -0.394 e. The van der Waals surface area contributed by atoms with E-state index in [1.54, 1.807) is 0 Å². The Morgan fingerprint density at radius 2 is 2.12 bits per heavy atom. The van der Waals surface area contributed by atoms with Crippen molar-refractivity contribution in [3.63, 3.8) is 0 Å². The van der Waals surface area contributed by atoms with Crippen molar-refractivity contribution in [2.45, 2.75) is 32.2 Å². The summed E-state index contributed by atoms with van der Waals surface area (Å²) in [6.45, 7) is 4.21. The molecule has 0 unspecified atom stereocenters. The van der Waals surface area contributed by atoms with E-state index in [9.17, 15) is 5.11 Å². The molecule has 0 saturated carbocycles. The van der Waals surface area contributed by atoms with E-state index in [1.807, 2.05) is 12.3 Å². The van der Waals surface area contributed by atoms with E-state index < -0.39 is 0 Å². The molecule has 0 aliphatic rings. The second-order valence-corrected chi connectivity index (χ2v) is 4.23. The fraction of sp³-hybridized carbons (Fsp3) is 0.500. The molecule has 0 bridgehead atoms. The fourth-order valence-corrected chi connectivity index (χ4v) is 1.91. The summed E-state index contributed by atoms with van der Waals surface area (Å²) in [5.41, 5.74) is 0.500. The van der Waals surface area contributed by atoms with Crippen LogP contribution in [0.3, 0.4) is 0 Å².